The normalized spacial score (nSPS) is 17.3. The highest BCUT2D eigenvalue weighted by molar-refractivity contribution is 7.90. The van der Waals surface area contributed by atoms with Crippen LogP contribution >= 0.6 is 0 Å². The van der Waals surface area contributed by atoms with E-state index >= 15 is 0 Å². The molecule has 1 saturated heterocycles. The molecule has 138 valence electrons. The Bertz CT molecular complexity index is 925. The Morgan fingerprint density at radius 3 is 2.46 bits per heavy atom. The van der Waals surface area contributed by atoms with Gasteiger partial charge in [0.25, 0.3) is 5.69 Å². The van der Waals surface area contributed by atoms with Crippen LogP contribution in [0.1, 0.15) is 24.4 Å². The highest BCUT2D eigenvalue weighted by Gasteiger charge is 2.31. The molecule has 1 fully saturated rings. The average Bonchev–Trinajstić information content (AvgIpc) is 3.10. The van der Waals surface area contributed by atoms with Crippen LogP contribution in [0.4, 0.5) is 11.4 Å². The third-order valence-electron chi connectivity index (χ3n) is 4.63. The lowest BCUT2D eigenvalue weighted by Crippen LogP contribution is -2.23. The number of methoxy groups -OCH3 is 1. The monoisotopic (exact) mass is 376 g/mol. The molecule has 1 heterocycles. The second-order valence-corrected chi connectivity index (χ2v) is 8.32. The van der Waals surface area contributed by atoms with Crippen LogP contribution in [0.3, 0.4) is 0 Å². The summed E-state index contributed by atoms with van der Waals surface area (Å²) in [5.41, 5.74) is 1.30. The van der Waals surface area contributed by atoms with Crippen molar-refractivity contribution in [2.75, 3.05) is 24.8 Å². The number of nitro groups is 1. The number of sulfone groups is 1. The molecule has 26 heavy (non-hydrogen) atoms. The van der Waals surface area contributed by atoms with Gasteiger partial charge in [-0.3, -0.25) is 10.1 Å². The maximum absolute atomic E-state index is 11.7. The van der Waals surface area contributed by atoms with Gasteiger partial charge in [-0.15, -0.1) is 0 Å². The zero-order valence-corrected chi connectivity index (χ0v) is 15.4. The summed E-state index contributed by atoms with van der Waals surface area (Å²) >= 11 is 0. The van der Waals surface area contributed by atoms with Crippen LogP contribution in [0.15, 0.2) is 47.4 Å². The predicted octanol–water partition coefficient (Wildman–Crippen LogP) is 3.35. The molecule has 0 unspecified atom stereocenters. The third-order valence-corrected chi connectivity index (χ3v) is 5.74. The zero-order chi connectivity index (χ0) is 18.9. The molecule has 1 aliphatic rings. The van der Waals surface area contributed by atoms with Crippen molar-refractivity contribution >= 4 is 21.2 Å². The lowest BCUT2D eigenvalue weighted by atomic mass is 10.0. The first-order chi connectivity index (χ1) is 12.3. The highest BCUT2D eigenvalue weighted by Crippen LogP contribution is 2.41. The Labute approximate surface area is 152 Å². The van der Waals surface area contributed by atoms with E-state index in [0.29, 0.717) is 12.2 Å². The van der Waals surface area contributed by atoms with Crippen molar-refractivity contribution in [1.82, 2.24) is 0 Å². The van der Waals surface area contributed by atoms with Gasteiger partial charge in [-0.1, -0.05) is 12.1 Å². The van der Waals surface area contributed by atoms with Crippen molar-refractivity contribution in [2.45, 2.75) is 23.8 Å². The van der Waals surface area contributed by atoms with Crippen LogP contribution in [-0.2, 0) is 9.84 Å². The van der Waals surface area contributed by atoms with Crippen LogP contribution in [0.25, 0.3) is 0 Å². The summed E-state index contributed by atoms with van der Waals surface area (Å²) in [6, 6.07) is 11.8. The Morgan fingerprint density at radius 1 is 1.19 bits per heavy atom. The van der Waals surface area contributed by atoms with E-state index in [1.54, 1.807) is 7.11 Å². The standard InChI is InChI=1S/C18H20N2O5S/c1-25-14-7-5-13(6-8-14)16-4-3-11-19(16)17-10-9-15(26(2,23)24)12-18(17)20(21)22/h5-10,12,16H,3-4,11H2,1-2H3/t16-/m0/s1. The minimum atomic E-state index is -3.51. The van der Waals surface area contributed by atoms with Crippen LogP contribution in [0, 0.1) is 10.1 Å². The fourth-order valence-corrected chi connectivity index (χ4v) is 3.99. The molecule has 2 aromatic carbocycles. The van der Waals surface area contributed by atoms with Crippen molar-refractivity contribution in [3.63, 3.8) is 0 Å². The molecule has 0 N–H and O–H groups in total. The van der Waals surface area contributed by atoms with Gasteiger partial charge >= 0.3 is 0 Å². The van der Waals surface area contributed by atoms with E-state index in [-0.39, 0.29) is 16.6 Å². The van der Waals surface area contributed by atoms with Crippen LogP contribution in [0.2, 0.25) is 0 Å². The van der Waals surface area contributed by atoms with Gasteiger partial charge in [0.05, 0.1) is 23.0 Å². The molecule has 2 aromatic rings. The summed E-state index contributed by atoms with van der Waals surface area (Å²) in [7, 11) is -1.91. The number of nitrogens with zero attached hydrogens (tertiary/aromatic N) is 2. The molecule has 3 rings (SSSR count). The smallest absolute Gasteiger partial charge is 0.293 e. The van der Waals surface area contributed by atoms with E-state index < -0.39 is 14.8 Å². The molecule has 0 bridgehead atoms. The number of nitro benzene ring substituents is 1. The summed E-state index contributed by atoms with van der Waals surface area (Å²) in [6.45, 7) is 0.676. The maximum atomic E-state index is 11.7. The van der Waals surface area contributed by atoms with E-state index in [2.05, 4.69) is 0 Å². The zero-order valence-electron chi connectivity index (χ0n) is 14.6. The van der Waals surface area contributed by atoms with E-state index in [0.717, 1.165) is 36.5 Å². The van der Waals surface area contributed by atoms with Gasteiger partial charge in [-0.2, -0.15) is 0 Å². The molecule has 1 aliphatic heterocycles. The Balaban J connectivity index is 2.02. The SMILES string of the molecule is COc1ccc([C@@H]2CCCN2c2ccc(S(C)(=O)=O)cc2[N+](=O)[O-])cc1. The highest BCUT2D eigenvalue weighted by atomic mass is 32.2. The molecule has 0 amide bonds. The van der Waals surface area contributed by atoms with Crippen molar-refractivity contribution in [3.05, 3.63) is 58.1 Å². The second kappa shape index (κ2) is 6.95. The molecule has 7 nitrogen and oxygen atoms in total. The topological polar surface area (TPSA) is 89.8 Å². The van der Waals surface area contributed by atoms with E-state index in [1.807, 2.05) is 29.2 Å². The van der Waals surface area contributed by atoms with E-state index in [9.17, 15) is 18.5 Å². The minimum Gasteiger partial charge on any atom is -0.497 e. The minimum absolute atomic E-state index is 0.00342. The van der Waals surface area contributed by atoms with Gasteiger partial charge in [0.2, 0.25) is 0 Å². The number of hydrogen-bond acceptors (Lipinski definition) is 6. The van der Waals surface area contributed by atoms with Crippen molar-refractivity contribution in [3.8, 4) is 5.75 Å². The van der Waals surface area contributed by atoms with Gasteiger partial charge in [-0.05, 0) is 42.7 Å². The van der Waals surface area contributed by atoms with E-state index in [4.69, 9.17) is 4.74 Å². The van der Waals surface area contributed by atoms with Crippen molar-refractivity contribution in [2.24, 2.45) is 0 Å². The molecule has 0 saturated carbocycles. The van der Waals surface area contributed by atoms with Gasteiger partial charge in [-0.25, -0.2) is 8.42 Å². The van der Waals surface area contributed by atoms with Gasteiger partial charge in [0.15, 0.2) is 9.84 Å². The molecule has 8 heteroatoms. The lowest BCUT2D eigenvalue weighted by molar-refractivity contribution is -0.384. The lowest BCUT2D eigenvalue weighted by Gasteiger charge is -2.27. The van der Waals surface area contributed by atoms with Crippen LogP contribution < -0.4 is 9.64 Å². The Morgan fingerprint density at radius 2 is 1.88 bits per heavy atom. The molecular weight excluding hydrogens is 356 g/mol. The summed E-state index contributed by atoms with van der Waals surface area (Å²) in [6.07, 6.45) is 2.82. The number of anilines is 1. The molecular formula is C18H20N2O5S. The summed E-state index contributed by atoms with van der Waals surface area (Å²) in [5.74, 6) is 0.752. The summed E-state index contributed by atoms with van der Waals surface area (Å²) in [5, 5.41) is 11.6. The van der Waals surface area contributed by atoms with Gasteiger partial charge < -0.3 is 9.64 Å². The molecule has 0 aliphatic carbocycles. The largest absolute Gasteiger partial charge is 0.497 e. The van der Waals surface area contributed by atoms with Gasteiger partial charge in [0.1, 0.15) is 11.4 Å². The first-order valence-electron chi connectivity index (χ1n) is 8.20. The fourth-order valence-electron chi connectivity index (χ4n) is 3.35. The molecule has 0 spiro atoms. The number of rotatable bonds is 5. The quantitative estimate of drug-likeness (QED) is 0.587. The van der Waals surface area contributed by atoms with Crippen molar-refractivity contribution < 1.29 is 18.1 Å². The van der Waals surface area contributed by atoms with E-state index in [1.165, 1.54) is 12.1 Å². The fraction of sp³-hybridized carbons (Fsp3) is 0.333. The number of ether oxygens (including phenoxy) is 1. The third kappa shape index (κ3) is 3.50. The first-order valence-corrected chi connectivity index (χ1v) is 10.1. The average molecular weight is 376 g/mol. The van der Waals surface area contributed by atoms with Crippen molar-refractivity contribution in [1.29, 1.82) is 0 Å². The number of benzene rings is 2. The van der Waals surface area contributed by atoms with Crippen LogP contribution in [0.5, 0.6) is 5.75 Å². The first kappa shape index (κ1) is 18.2. The van der Waals surface area contributed by atoms with Gasteiger partial charge in [0, 0.05) is 18.9 Å². The molecule has 0 aromatic heterocycles. The Kier molecular flexibility index (Phi) is 4.86. The summed E-state index contributed by atoms with van der Waals surface area (Å²) < 4.78 is 28.7. The summed E-state index contributed by atoms with van der Waals surface area (Å²) in [4.78, 5) is 13.0. The maximum Gasteiger partial charge on any atom is 0.293 e. The second-order valence-electron chi connectivity index (χ2n) is 6.30. The predicted molar refractivity (Wildman–Crippen MR) is 98.5 cm³/mol. The number of hydrogen-bond donors (Lipinski definition) is 0. The Hall–Kier alpha value is -2.61. The molecule has 0 radical (unpaired) electrons. The molecule has 1 atom stereocenters. The van der Waals surface area contributed by atoms with Crippen LogP contribution in [-0.4, -0.2) is 33.3 Å².